The van der Waals surface area contributed by atoms with Crippen LogP contribution >= 0.6 is 0 Å². The molecule has 0 aromatic heterocycles. The zero-order valence-corrected chi connectivity index (χ0v) is 14.6. The summed E-state index contributed by atoms with van der Waals surface area (Å²) in [6.07, 6.45) is 0. The summed E-state index contributed by atoms with van der Waals surface area (Å²) in [4.78, 5) is 39.8. The predicted molar refractivity (Wildman–Crippen MR) is 99.0 cm³/mol. The van der Waals surface area contributed by atoms with Crippen LogP contribution in [0.1, 0.15) is 27.6 Å². The average Bonchev–Trinajstić information content (AvgIpc) is 2.67. The van der Waals surface area contributed by atoms with Gasteiger partial charge in [-0.1, -0.05) is 24.3 Å². The minimum absolute atomic E-state index is 0.00893. The van der Waals surface area contributed by atoms with Gasteiger partial charge >= 0.3 is 0 Å². The lowest BCUT2D eigenvalue weighted by atomic mass is 10.1. The number of nitrogens with one attached hydrogen (secondary N) is 1. The number of amides is 3. The molecule has 0 radical (unpaired) electrons. The lowest BCUT2D eigenvalue weighted by Crippen LogP contribution is -2.50. The molecule has 1 fully saturated rings. The van der Waals surface area contributed by atoms with Crippen LogP contribution in [0.25, 0.3) is 0 Å². The molecule has 0 aliphatic carbocycles. The normalized spacial score (nSPS) is 14.0. The van der Waals surface area contributed by atoms with Crippen LogP contribution in [-0.2, 0) is 4.79 Å². The molecule has 0 bridgehead atoms. The van der Waals surface area contributed by atoms with Gasteiger partial charge in [0.2, 0.25) is 5.91 Å². The molecular weight excluding hydrogens is 330 g/mol. The third-order valence-electron chi connectivity index (χ3n) is 4.30. The van der Waals surface area contributed by atoms with Crippen LogP contribution in [0.15, 0.2) is 54.6 Å². The third kappa shape index (κ3) is 4.08. The van der Waals surface area contributed by atoms with Crippen molar-refractivity contribution in [1.82, 2.24) is 9.80 Å². The maximum Gasteiger partial charge on any atom is 0.254 e. The molecule has 134 valence electrons. The maximum atomic E-state index is 12.7. The second-order valence-corrected chi connectivity index (χ2v) is 6.21. The van der Waals surface area contributed by atoms with Crippen LogP contribution in [0, 0.1) is 0 Å². The molecule has 0 atom stereocenters. The van der Waals surface area contributed by atoms with Crippen molar-refractivity contribution in [2.24, 2.45) is 0 Å². The van der Waals surface area contributed by atoms with E-state index in [4.69, 9.17) is 0 Å². The van der Waals surface area contributed by atoms with E-state index in [0.29, 0.717) is 43.0 Å². The van der Waals surface area contributed by atoms with Crippen molar-refractivity contribution in [3.8, 4) is 0 Å². The Hall–Kier alpha value is -3.15. The highest BCUT2D eigenvalue weighted by atomic mass is 16.2. The molecule has 1 saturated heterocycles. The van der Waals surface area contributed by atoms with Crippen LogP contribution in [0.3, 0.4) is 0 Å². The number of rotatable bonds is 3. The standard InChI is InChI=1S/C20H21N3O3/c1-15(24)21-18-9-5-8-17(14-18)20(26)23-12-10-22(11-13-23)19(25)16-6-3-2-4-7-16/h2-9,14H,10-13H2,1H3,(H,21,24). The van der Waals surface area contributed by atoms with E-state index in [1.165, 1.54) is 6.92 Å². The average molecular weight is 351 g/mol. The fourth-order valence-electron chi connectivity index (χ4n) is 2.99. The quantitative estimate of drug-likeness (QED) is 0.922. The van der Waals surface area contributed by atoms with Gasteiger partial charge in [0.25, 0.3) is 11.8 Å². The summed E-state index contributed by atoms with van der Waals surface area (Å²) in [5.41, 5.74) is 1.79. The van der Waals surface area contributed by atoms with E-state index in [0.717, 1.165) is 0 Å². The molecule has 2 aromatic carbocycles. The van der Waals surface area contributed by atoms with Crippen molar-refractivity contribution in [3.05, 3.63) is 65.7 Å². The van der Waals surface area contributed by atoms with Crippen LogP contribution in [0.5, 0.6) is 0 Å². The number of carbonyl (C=O) groups is 3. The number of hydrogen-bond acceptors (Lipinski definition) is 3. The molecule has 2 aromatic rings. The van der Waals surface area contributed by atoms with Gasteiger partial charge in [0, 0.05) is 49.9 Å². The zero-order valence-electron chi connectivity index (χ0n) is 14.6. The Labute approximate surface area is 152 Å². The fraction of sp³-hybridized carbons (Fsp3) is 0.250. The summed E-state index contributed by atoms with van der Waals surface area (Å²) < 4.78 is 0. The first kappa shape index (κ1) is 17.7. The van der Waals surface area contributed by atoms with Crippen molar-refractivity contribution in [1.29, 1.82) is 0 Å². The Kier molecular flexibility index (Phi) is 5.31. The molecule has 0 spiro atoms. The summed E-state index contributed by atoms with van der Waals surface area (Å²) in [6.45, 7) is 3.41. The van der Waals surface area contributed by atoms with E-state index in [-0.39, 0.29) is 17.7 Å². The van der Waals surface area contributed by atoms with E-state index in [9.17, 15) is 14.4 Å². The van der Waals surface area contributed by atoms with Crippen molar-refractivity contribution in [3.63, 3.8) is 0 Å². The Balaban J connectivity index is 1.62. The molecule has 3 amide bonds. The number of anilines is 1. The van der Waals surface area contributed by atoms with E-state index >= 15 is 0 Å². The smallest absolute Gasteiger partial charge is 0.254 e. The number of carbonyl (C=O) groups excluding carboxylic acids is 3. The number of piperazine rings is 1. The van der Waals surface area contributed by atoms with Gasteiger partial charge in [-0.2, -0.15) is 0 Å². The first-order chi connectivity index (χ1) is 12.5. The van der Waals surface area contributed by atoms with Crippen LogP contribution in [-0.4, -0.2) is 53.7 Å². The first-order valence-electron chi connectivity index (χ1n) is 8.56. The van der Waals surface area contributed by atoms with Gasteiger partial charge in [-0.15, -0.1) is 0 Å². The number of benzene rings is 2. The van der Waals surface area contributed by atoms with Gasteiger partial charge < -0.3 is 15.1 Å². The van der Waals surface area contributed by atoms with Crippen LogP contribution < -0.4 is 5.32 Å². The Morgan fingerprint density at radius 2 is 1.31 bits per heavy atom. The lowest BCUT2D eigenvalue weighted by molar-refractivity contribution is -0.114. The molecule has 6 nitrogen and oxygen atoms in total. The summed E-state index contributed by atoms with van der Waals surface area (Å²) >= 11 is 0. The monoisotopic (exact) mass is 351 g/mol. The van der Waals surface area contributed by atoms with E-state index in [2.05, 4.69) is 5.32 Å². The number of nitrogens with zero attached hydrogens (tertiary/aromatic N) is 2. The van der Waals surface area contributed by atoms with Gasteiger partial charge in [0.1, 0.15) is 0 Å². The zero-order chi connectivity index (χ0) is 18.5. The molecule has 26 heavy (non-hydrogen) atoms. The molecule has 1 aliphatic rings. The van der Waals surface area contributed by atoms with Crippen molar-refractivity contribution < 1.29 is 14.4 Å². The minimum Gasteiger partial charge on any atom is -0.335 e. The predicted octanol–water partition coefficient (Wildman–Crippen LogP) is 2.24. The first-order valence-corrected chi connectivity index (χ1v) is 8.56. The topological polar surface area (TPSA) is 69.7 Å². The van der Waals surface area contributed by atoms with Crippen LogP contribution in [0.4, 0.5) is 5.69 Å². The van der Waals surface area contributed by atoms with E-state index < -0.39 is 0 Å². The highest BCUT2D eigenvalue weighted by Gasteiger charge is 2.25. The second-order valence-electron chi connectivity index (χ2n) is 6.21. The van der Waals surface area contributed by atoms with Crippen LogP contribution in [0.2, 0.25) is 0 Å². The van der Waals surface area contributed by atoms with Gasteiger partial charge in [-0.3, -0.25) is 14.4 Å². The van der Waals surface area contributed by atoms with E-state index in [1.54, 1.807) is 46.2 Å². The van der Waals surface area contributed by atoms with Gasteiger partial charge in [-0.05, 0) is 30.3 Å². The molecule has 0 unspecified atom stereocenters. The lowest BCUT2D eigenvalue weighted by Gasteiger charge is -2.35. The van der Waals surface area contributed by atoms with E-state index in [1.807, 2.05) is 18.2 Å². The van der Waals surface area contributed by atoms with Gasteiger partial charge in [-0.25, -0.2) is 0 Å². The Bertz CT molecular complexity index is 812. The minimum atomic E-state index is -0.178. The summed E-state index contributed by atoms with van der Waals surface area (Å²) in [5, 5.41) is 2.68. The third-order valence-corrected chi connectivity index (χ3v) is 4.30. The molecule has 0 saturated carbocycles. The SMILES string of the molecule is CC(=O)Nc1cccc(C(=O)N2CCN(C(=O)c3ccccc3)CC2)c1. The van der Waals surface area contributed by atoms with Gasteiger partial charge in [0.15, 0.2) is 0 Å². The van der Waals surface area contributed by atoms with Gasteiger partial charge in [0.05, 0.1) is 0 Å². The van der Waals surface area contributed by atoms with Crippen molar-refractivity contribution >= 4 is 23.4 Å². The summed E-state index contributed by atoms with van der Waals surface area (Å²) in [7, 11) is 0. The number of hydrogen-bond donors (Lipinski definition) is 1. The molecule has 1 N–H and O–H groups in total. The molecule has 3 rings (SSSR count). The Morgan fingerprint density at radius 3 is 1.88 bits per heavy atom. The molecule has 1 heterocycles. The maximum absolute atomic E-state index is 12.7. The highest BCUT2D eigenvalue weighted by molar-refractivity contribution is 5.97. The van der Waals surface area contributed by atoms with Crippen molar-refractivity contribution in [2.45, 2.75) is 6.92 Å². The molecular formula is C20H21N3O3. The highest BCUT2D eigenvalue weighted by Crippen LogP contribution is 2.15. The second kappa shape index (κ2) is 7.82. The summed E-state index contributed by atoms with van der Waals surface area (Å²) in [6, 6.07) is 16.1. The molecule has 6 heteroatoms. The Morgan fingerprint density at radius 1 is 0.769 bits per heavy atom. The fourth-order valence-corrected chi connectivity index (χ4v) is 2.99. The largest absolute Gasteiger partial charge is 0.335 e. The summed E-state index contributed by atoms with van der Waals surface area (Å²) in [5.74, 6) is -0.281. The molecule has 1 aliphatic heterocycles. The van der Waals surface area contributed by atoms with Crippen molar-refractivity contribution in [2.75, 3.05) is 31.5 Å².